The van der Waals surface area contributed by atoms with Crippen molar-refractivity contribution in [2.45, 2.75) is 25.3 Å². The minimum absolute atomic E-state index is 0.114. The van der Waals surface area contributed by atoms with Gasteiger partial charge in [0.15, 0.2) is 0 Å². The first kappa shape index (κ1) is 17.7. The summed E-state index contributed by atoms with van der Waals surface area (Å²) in [6.45, 7) is 4.82. The van der Waals surface area contributed by atoms with Crippen LogP contribution in [0.25, 0.3) is 10.9 Å². The number of pyridine rings is 1. The Hall–Kier alpha value is -2.73. The maximum Gasteiger partial charge on any atom is 0.221 e. The normalized spacial score (nSPS) is 16.7. The van der Waals surface area contributed by atoms with E-state index in [0.29, 0.717) is 18.8 Å². The molecule has 0 saturated carbocycles. The molecule has 0 saturated heterocycles. The highest BCUT2D eigenvalue weighted by molar-refractivity contribution is 7.85. The number of hydrogen-bond acceptors (Lipinski definition) is 4. The van der Waals surface area contributed by atoms with E-state index in [1.165, 1.54) is 6.92 Å². The number of anilines is 2. The molecule has 2 aromatic carbocycles. The summed E-state index contributed by atoms with van der Waals surface area (Å²) in [6.07, 6.45) is 0. The standard InChI is InChI=1S/C21H21N3O2S/c1-14-7-8-18-17(11-14)19(22-15(2)25)12-21(23-18)24-9-10-27(26)20-6-4-3-5-16(20)13-24/h3-8,11-12H,9-10,13H2,1-2H3,(H,22,23,25). The van der Waals surface area contributed by atoms with Gasteiger partial charge in [-0.25, -0.2) is 4.98 Å². The van der Waals surface area contributed by atoms with Crippen molar-refractivity contribution >= 4 is 39.1 Å². The highest BCUT2D eigenvalue weighted by atomic mass is 32.2. The molecule has 0 fully saturated rings. The molecule has 4 rings (SSSR count). The van der Waals surface area contributed by atoms with Crippen LogP contribution >= 0.6 is 0 Å². The number of rotatable bonds is 2. The Morgan fingerprint density at radius 1 is 1.19 bits per heavy atom. The van der Waals surface area contributed by atoms with E-state index < -0.39 is 10.8 Å². The SMILES string of the molecule is CC(=O)Nc1cc(N2CCS(=O)c3ccccc3C2)nc2ccc(C)cc12. The van der Waals surface area contributed by atoms with Crippen LogP contribution in [0, 0.1) is 6.92 Å². The van der Waals surface area contributed by atoms with E-state index in [-0.39, 0.29) is 5.91 Å². The Labute approximate surface area is 160 Å². The van der Waals surface area contributed by atoms with E-state index in [1.54, 1.807) is 0 Å². The molecule has 1 aliphatic heterocycles. The van der Waals surface area contributed by atoms with E-state index in [4.69, 9.17) is 4.98 Å². The molecule has 138 valence electrons. The van der Waals surface area contributed by atoms with Crippen LogP contribution in [0.15, 0.2) is 53.4 Å². The van der Waals surface area contributed by atoms with E-state index in [2.05, 4.69) is 10.2 Å². The third-order valence-electron chi connectivity index (χ3n) is 4.71. The Bertz CT molecular complexity index is 1060. The number of carbonyl (C=O) groups is 1. The lowest BCUT2D eigenvalue weighted by Gasteiger charge is -2.23. The van der Waals surface area contributed by atoms with Gasteiger partial charge in [-0.05, 0) is 30.7 Å². The summed E-state index contributed by atoms with van der Waals surface area (Å²) in [5, 5.41) is 3.86. The average Bonchev–Trinajstić information content (AvgIpc) is 2.81. The Morgan fingerprint density at radius 2 is 2.00 bits per heavy atom. The van der Waals surface area contributed by atoms with Gasteiger partial charge in [0.1, 0.15) is 5.82 Å². The monoisotopic (exact) mass is 379 g/mol. The Morgan fingerprint density at radius 3 is 2.81 bits per heavy atom. The third-order valence-corrected chi connectivity index (χ3v) is 6.15. The first-order valence-electron chi connectivity index (χ1n) is 8.91. The number of nitrogens with one attached hydrogen (secondary N) is 1. The van der Waals surface area contributed by atoms with E-state index in [0.717, 1.165) is 38.4 Å². The topological polar surface area (TPSA) is 62.3 Å². The second-order valence-corrected chi connectivity index (χ2v) is 8.35. The Balaban J connectivity index is 1.80. The van der Waals surface area contributed by atoms with Gasteiger partial charge in [0.25, 0.3) is 0 Å². The largest absolute Gasteiger partial charge is 0.351 e. The first-order valence-corrected chi connectivity index (χ1v) is 10.2. The number of hydrogen-bond donors (Lipinski definition) is 1. The summed E-state index contributed by atoms with van der Waals surface area (Å²) in [7, 11) is -1.01. The minimum atomic E-state index is -1.01. The minimum Gasteiger partial charge on any atom is -0.351 e. The Kier molecular flexibility index (Phi) is 4.66. The maximum absolute atomic E-state index is 12.6. The van der Waals surface area contributed by atoms with Crippen molar-refractivity contribution in [2.75, 3.05) is 22.5 Å². The molecule has 0 aliphatic carbocycles. The molecule has 2 heterocycles. The zero-order valence-electron chi connectivity index (χ0n) is 15.4. The number of nitrogens with zero attached hydrogens (tertiary/aromatic N) is 2. The summed E-state index contributed by atoms with van der Waals surface area (Å²) in [6, 6.07) is 15.8. The smallest absolute Gasteiger partial charge is 0.221 e. The molecule has 0 radical (unpaired) electrons. The van der Waals surface area contributed by atoms with Gasteiger partial charge in [-0.1, -0.05) is 29.8 Å². The lowest BCUT2D eigenvalue weighted by molar-refractivity contribution is -0.114. The van der Waals surface area contributed by atoms with Crippen molar-refractivity contribution in [1.82, 2.24) is 4.98 Å². The van der Waals surface area contributed by atoms with Crippen molar-refractivity contribution < 1.29 is 9.00 Å². The zero-order valence-corrected chi connectivity index (χ0v) is 16.2. The van der Waals surface area contributed by atoms with E-state index in [1.807, 2.05) is 55.5 Å². The lowest BCUT2D eigenvalue weighted by Crippen LogP contribution is -2.26. The fourth-order valence-electron chi connectivity index (χ4n) is 3.42. The molecular formula is C21H21N3O2S. The van der Waals surface area contributed by atoms with Gasteiger partial charge >= 0.3 is 0 Å². The van der Waals surface area contributed by atoms with Crippen LogP contribution in [-0.4, -0.2) is 27.4 Å². The van der Waals surface area contributed by atoms with E-state index >= 15 is 0 Å². The molecule has 1 amide bonds. The molecule has 0 spiro atoms. The highest BCUT2D eigenvalue weighted by Gasteiger charge is 2.21. The summed E-state index contributed by atoms with van der Waals surface area (Å²) in [5.41, 5.74) is 3.76. The van der Waals surface area contributed by atoms with Crippen molar-refractivity contribution in [3.63, 3.8) is 0 Å². The fourth-order valence-corrected chi connectivity index (χ4v) is 4.68. The molecule has 1 aliphatic rings. The molecule has 6 heteroatoms. The predicted molar refractivity (Wildman–Crippen MR) is 110 cm³/mol. The molecule has 1 atom stereocenters. The lowest BCUT2D eigenvalue weighted by atomic mass is 10.1. The average molecular weight is 379 g/mol. The molecule has 3 aromatic rings. The highest BCUT2D eigenvalue weighted by Crippen LogP contribution is 2.30. The number of aromatic nitrogens is 1. The second kappa shape index (κ2) is 7.12. The fraction of sp³-hybridized carbons (Fsp3) is 0.238. The molecule has 1 unspecified atom stereocenters. The quantitative estimate of drug-likeness (QED) is 0.739. The molecule has 1 aromatic heterocycles. The summed E-state index contributed by atoms with van der Waals surface area (Å²) < 4.78 is 12.6. The second-order valence-electron chi connectivity index (χ2n) is 6.81. The van der Waals surface area contributed by atoms with Gasteiger partial charge < -0.3 is 10.2 Å². The molecule has 0 bridgehead atoms. The van der Waals surface area contributed by atoms with Crippen LogP contribution in [0.2, 0.25) is 0 Å². The van der Waals surface area contributed by atoms with Crippen LogP contribution in [0.5, 0.6) is 0 Å². The van der Waals surface area contributed by atoms with Crippen LogP contribution in [0.4, 0.5) is 11.5 Å². The summed E-state index contributed by atoms with van der Waals surface area (Å²) in [4.78, 5) is 19.6. The maximum atomic E-state index is 12.6. The van der Waals surface area contributed by atoms with Gasteiger partial charge in [-0.3, -0.25) is 9.00 Å². The van der Waals surface area contributed by atoms with Crippen molar-refractivity contribution in [2.24, 2.45) is 0 Å². The number of carbonyl (C=O) groups excluding carboxylic acids is 1. The number of amides is 1. The molecular weight excluding hydrogens is 358 g/mol. The summed E-state index contributed by atoms with van der Waals surface area (Å²) in [5.74, 6) is 1.22. The van der Waals surface area contributed by atoms with Gasteiger partial charge in [0.05, 0.1) is 22.0 Å². The van der Waals surface area contributed by atoms with Crippen molar-refractivity contribution in [1.29, 1.82) is 0 Å². The van der Waals surface area contributed by atoms with Gasteiger partial charge in [-0.2, -0.15) is 0 Å². The van der Waals surface area contributed by atoms with Crippen LogP contribution < -0.4 is 10.2 Å². The van der Waals surface area contributed by atoms with Crippen molar-refractivity contribution in [3.05, 3.63) is 59.7 Å². The number of aryl methyl sites for hydroxylation is 1. The molecule has 1 N–H and O–H groups in total. The summed E-state index contributed by atoms with van der Waals surface area (Å²) >= 11 is 0. The first-order chi connectivity index (χ1) is 13.0. The number of fused-ring (bicyclic) bond motifs is 2. The van der Waals surface area contributed by atoms with Crippen molar-refractivity contribution in [3.8, 4) is 0 Å². The number of benzene rings is 2. The van der Waals surface area contributed by atoms with Gasteiger partial charge in [0.2, 0.25) is 5.91 Å². The predicted octanol–water partition coefficient (Wildman–Crippen LogP) is 3.63. The van der Waals surface area contributed by atoms with Gasteiger partial charge in [-0.15, -0.1) is 0 Å². The van der Waals surface area contributed by atoms with Crippen LogP contribution in [-0.2, 0) is 22.1 Å². The van der Waals surface area contributed by atoms with Gasteiger partial charge in [0, 0.05) is 42.1 Å². The van der Waals surface area contributed by atoms with Crippen LogP contribution in [0.3, 0.4) is 0 Å². The van der Waals surface area contributed by atoms with Crippen LogP contribution in [0.1, 0.15) is 18.1 Å². The van der Waals surface area contributed by atoms with E-state index in [9.17, 15) is 9.00 Å². The molecule has 5 nitrogen and oxygen atoms in total. The molecule has 27 heavy (non-hydrogen) atoms. The zero-order chi connectivity index (χ0) is 19.0. The third kappa shape index (κ3) is 3.57.